The zero-order valence-corrected chi connectivity index (χ0v) is 16.3. The van der Waals surface area contributed by atoms with Crippen molar-refractivity contribution in [2.75, 3.05) is 5.32 Å². The van der Waals surface area contributed by atoms with E-state index in [4.69, 9.17) is 23.2 Å². The highest BCUT2D eigenvalue weighted by Gasteiger charge is 2.14. The van der Waals surface area contributed by atoms with Gasteiger partial charge in [-0.05, 0) is 24.3 Å². The van der Waals surface area contributed by atoms with Gasteiger partial charge in [-0.25, -0.2) is 4.99 Å². The fraction of sp³-hybridized carbons (Fsp3) is 0.0500. The number of aliphatic imine (C=N–C) groups is 1. The summed E-state index contributed by atoms with van der Waals surface area (Å²) in [6.45, 7) is 0. The predicted molar refractivity (Wildman–Crippen MR) is 113 cm³/mol. The molecular formula is C20H14Cl2N6. The Morgan fingerprint density at radius 2 is 2.04 bits per heavy atom. The molecule has 0 spiro atoms. The summed E-state index contributed by atoms with van der Waals surface area (Å²) in [7, 11) is 1.89. The van der Waals surface area contributed by atoms with Gasteiger partial charge in [-0.15, -0.1) is 0 Å². The highest BCUT2D eigenvalue weighted by Crippen LogP contribution is 2.30. The van der Waals surface area contributed by atoms with Crippen molar-refractivity contribution in [1.82, 2.24) is 14.8 Å². The molecule has 0 saturated heterocycles. The molecular weight excluding hydrogens is 395 g/mol. The van der Waals surface area contributed by atoms with Crippen molar-refractivity contribution in [1.29, 1.82) is 5.26 Å². The largest absolute Gasteiger partial charge is 0.338 e. The Morgan fingerprint density at radius 1 is 1.21 bits per heavy atom. The number of aromatic nitrogens is 3. The molecule has 0 atom stereocenters. The zero-order valence-electron chi connectivity index (χ0n) is 14.7. The Balaban J connectivity index is 1.69. The van der Waals surface area contributed by atoms with Gasteiger partial charge in [0.25, 0.3) is 0 Å². The number of nitrogens with one attached hydrogen (secondary N) is 2. The normalized spacial score (nSPS) is 11.2. The van der Waals surface area contributed by atoms with Crippen molar-refractivity contribution in [3.8, 4) is 6.07 Å². The molecule has 0 bridgehead atoms. The van der Waals surface area contributed by atoms with Crippen LogP contribution in [0.15, 0.2) is 53.5 Å². The third-order valence-corrected chi connectivity index (χ3v) is 5.03. The molecule has 0 radical (unpaired) electrons. The molecule has 2 aromatic heterocycles. The third-order valence-electron chi connectivity index (χ3n) is 4.34. The van der Waals surface area contributed by atoms with E-state index in [0.717, 1.165) is 22.2 Å². The number of H-pyrrole nitrogens is 1. The monoisotopic (exact) mass is 408 g/mol. The molecule has 2 N–H and O–H groups in total. The molecule has 0 saturated carbocycles. The third kappa shape index (κ3) is 3.22. The minimum Gasteiger partial charge on any atom is -0.338 e. The lowest BCUT2D eigenvalue weighted by Crippen LogP contribution is -1.92. The van der Waals surface area contributed by atoms with E-state index in [1.807, 2.05) is 48.0 Å². The van der Waals surface area contributed by atoms with Gasteiger partial charge in [0.15, 0.2) is 11.6 Å². The molecule has 28 heavy (non-hydrogen) atoms. The summed E-state index contributed by atoms with van der Waals surface area (Å²) in [6, 6.07) is 17.2. The number of para-hydroxylation sites is 1. The van der Waals surface area contributed by atoms with Crippen LogP contribution < -0.4 is 5.32 Å². The van der Waals surface area contributed by atoms with Crippen LogP contribution in [0.5, 0.6) is 0 Å². The van der Waals surface area contributed by atoms with Crippen LogP contribution in [0.2, 0.25) is 10.2 Å². The first kappa shape index (κ1) is 18.1. The number of aryl methyl sites for hydroxylation is 1. The van der Waals surface area contributed by atoms with E-state index < -0.39 is 0 Å². The van der Waals surface area contributed by atoms with E-state index in [2.05, 4.69) is 26.6 Å². The van der Waals surface area contributed by atoms with Crippen molar-refractivity contribution in [3.05, 3.63) is 69.8 Å². The Labute approximate surface area is 171 Å². The van der Waals surface area contributed by atoms with Crippen molar-refractivity contribution in [2.24, 2.45) is 12.0 Å². The van der Waals surface area contributed by atoms with Crippen LogP contribution >= 0.6 is 23.2 Å². The number of halogens is 2. The van der Waals surface area contributed by atoms with Gasteiger partial charge >= 0.3 is 0 Å². The summed E-state index contributed by atoms with van der Waals surface area (Å²) in [5.41, 5.74) is 2.81. The molecule has 0 unspecified atom stereocenters. The number of nitrogens with zero attached hydrogens (tertiary/aromatic N) is 4. The van der Waals surface area contributed by atoms with Crippen LogP contribution in [0.1, 0.15) is 11.1 Å². The smallest absolute Gasteiger partial charge is 0.172 e. The predicted octanol–water partition coefficient (Wildman–Crippen LogP) is 5.57. The summed E-state index contributed by atoms with van der Waals surface area (Å²) in [5.74, 6) is 0.719. The first-order valence-corrected chi connectivity index (χ1v) is 9.12. The van der Waals surface area contributed by atoms with Gasteiger partial charge in [0.2, 0.25) is 0 Å². The van der Waals surface area contributed by atoms with E-state index in [9.17, 15) is 5.26 Å². The van der Waals surface area contributed by atoms with E-state index in [1.54, 1.807) is 18.3 Å². The summed E-state index contributed by atoms with van der Waals surface area (Å²) in [6.07, 6.45) is 1.64. The SMILES string of the molecule is Cn1c(Cl)c(/C=N/c2[nH]nc(Nc3cccc(Cl)c3)c2C#N)c2ccccc21. The van der Waals surface area contributed by atoms with Crippen LogP contribution in [0.3, 0.4) is 0 Å². The average Bonchev–Trinajstić information content (AvgIpc) is 3.19. The lowest BCUT2D eigenvalue weighted by Gasteiger charge is -2.03. The Kier molecular flexibility index (Phi) is 4.78. The van der Waals surface area contributed by atoms with Gasteiger partial charge in [0.05, 0.1) is 0 Å². The van der Waals surface area contributed by atoms with Crippen LogP contribution in [0.25, 0.3) is 10.9 Å². The Bertz CT molecular complexity index is 1250. The van der Waals surface area contributed by atoms with Crippen LogP contribution in [0.4, 0.5) is 17.3 Å². The maximum atomic E-state index is 9.57. The van der Waals surface area contributed by atoms with Crippen molar-refractivity contribution in [2.45, 2.75) is 0 Å². The van der Waals surface area contributed by atoms with E-state index in [0.29, 0.717) is 27.4 Å². The second-order valence-electron chi connectivity index (χ2n) is 6.08. The van der Waals surface area contributed by atoms with Crippen molar-refractivity contribution >= 4 is 57.6 Å². The van der Waals surface area contributed by atoms with Gasteiger partial charge in [-0.2, -0.15) is 10.4 Å². The summed E-state index contributed by atoms with van der Waals surface area (Å²) in [5, 5.41) is 21.7. The Hall–Kier alpha value is -3.27. The second kappa shape index (κ2) is 7.39. The number of hydrogen-bond donors (Lipinski definition) is 2. The van der Waals surface area contributed by atoms with Crippen molar-refractivity contribution in [3.63, 3.8) is 0 Å². The van der Waals surface area contributed by atoms with Crippen LogP contribution in [-0.4, -0.2) is 21.0 Å². The lowest BCUT2D eigenvalue weighted by molar-refractivity contribution is 0.969. The molecule has 8 heteroatoms. The number of benzene rings is 2. The minimum absolute atomic E-state index is 0.299. The maximum absolute atomic E-state index is 9.57. The summed E-state index contributed by atoms with van der Waals surface area (Å²) >= 11 is 12.5. The average molecular weight is 409 g/mol. The first-order chi connectivity index (χ1) is 13.6. The fourth-order valence-electron chi connectivity index (χ4n) is 2.97. The standard InChI is InChI=1S/C20H14Cl2N6/c1-28-17-8-3-2-7-14(17)16(18(28)22)11-24-19-15(10-23)20(27-26-19)25-13-6-4-5-12(21)9-13/h2-9,11H,1H3,(H2,25,26,27)/b24-11+. The number of fused-ring (bicyclic) bond motifs is 1. The molecule has 4 aromatic rings. The summed E-state index contributed by atoms with van der Waals surface area (Å²) in [4.78, 5) is 4.42. The molecule has 2 heterocycles. The zero-order chi connectivity index (χ0) is 19.7. The van der Waals surface area contributed by atoms with Gasteiger partial charge in [0.1, 0.15) is 16.8 Å². The van der Waals surface area contributed by atoms with Crippen LogP contribution in [0, 0.1) is 11.3 Å². The van der Waals surface area contributed by atoms with Crippen molar-refractivity contribution < 1.29 is 0 Å². The lowest BCUT2D eigenvalue weighted by atomic mass is 10.2. The van der Waals surface area contributed by atoms with Gasteiger partial charge in [-0.3, -0.25) is 5.10 Å². The molecule has 138 valence electrons. The van der Waals surface area contributed by atoms with Gasteiger partial charge in [0, 0.05) is 40.4 Å². The van der Waals surface area contributed by atoms with Crippen LogP contribution in [-0.2, 0) is 7.05 Å². The van der Waals surface area contributed by atoms with E-state index >= 15 is 0 Å². The molecule has 0 amide bonds. The number of rotatable bonds is 4. The fourth-order valence-corrected chi connectivity index (χ4v) is 3.40. The van der Waals surface area contributed by atoms with Gasteiger partial charge in [-0.1, -0.05) is 47.5 Å². The minimum atomic E-state index is 0.299. The molecule has 6 nitrogen and oxygen atoms in total. The molecule has 0 fully saturated rings. The Morgan fingerprint density at radius 3 is 2.82 bits per heavy atom. The number of nitriles is 1. The molecule has 2 aromatic carbocycles. The maximum Gasteiger partial charge on any atom is 0.172 e. The summed E-state index contributed by atoms with van der Waals surface area (Å²) < 4.78 is 1.89. The topological polar surface area (TPSA) is 81.8 Å². The highest BCUT2D eigenvalue weighted by atomic mass is 35.5. The molecule has 0 aliphatic carbocycles. The van der Waals surface area contributed by atoms with E-state index in [1.165, 1.54) is 0 Å². The second-order valence-corrected chi connectivity index (χ2v) is 6.88. The van der Waals surface area contributed by atoms with E-state index in [-0.39, 0.29) is 0 Å². The number of anilines is 2. The molecule has 0 aliphatic heterocycles. The van der Waals surface area contributed by atoms with Gasteiger partial charge < -0.3 is 9.88 Å². The highest BCUT2D eigenvalue weighted by molar-refractivity contribution is 6.34. The number of hydrogen-bond acceptors (Lipinski definition) is 4. The molecule has 0 aliphatic rings. The first-order valence-electron chi connectivity index (χ1n) is 8.36. The molecule has 4 rings (SSSR count). The number of aromatic amines is 1. The quantitative estimate of drug-likeness (QED) is 0.432.